The van der Waals surface area contributed by atoms with Gasteiger partial charge in [-0.2, -0.15) is 9.61 Å². The summed E-state index contributed by atoms with van der Waals surface area (Å²) in [5, 5.41) is 18.2. The van der Waals surface area contributed by atoms with Crippen molar-refractivity contribution in [2.24, 2.45) is 0 Å². The van der Waals surface area contributed by atoms with Gasteiger partial charge in [0, 0.05) is 36.0 Å². The Bertz CT molecular complexity index is 794. The minimum atomic E-state index is 0.539. The van der Waals surface area contributed by atoms with Crippen molar-refractivity contribution in [2.75, 3.05) is 0 Å². The van der Waals surface area contributed by atoms with Crippen molar-refractivity contribution in [1.29, 1.82) is 0 Å². The first-order valence-electron chi connectivity index (χ1n) is 7.27. The monoisotopic (exact) mass is 298 g/mol. The van der Waals surface area contributed by atoms with Crippen LogP contribution in [0, 0.1) is 0 Å². The summed E-state index contributed by atoms with van der Waals surface area (Å²) in [4.78, 5) is 5.01. The molecule has 3 aromatic heterocycles. The summed E-state index contributed by atoms with van der Waals surface area (Å²) in [5.41, 5.74) is 0.952. The molecule has 6 nitrogen and oxygen atoms in total. The lowest BCUT2D eigenvalue weighted by atomic mass is 9.90. The van der Waals surface area contributed by atoms with Gasteiger partial charge >= 0.3 is 0 Å². The molecule has 0 amide bonds. The van der Waals surface area contributed by atoms with E-state index in [4.69, 9.17) is 5.10 Å². The van der Waals surface area contributed by atoms with Gasteiger partial charge in [0.2, 0.25) is 4.96 Å². The minimum Gasteiger partial charge on any atom is -0.311 e. The number of nitrogens with one attached hydrogen (secondary N) is 1. The molecule has 0 aliphatic carbocycles. The van der Waals surface area contributed by atoms with Gasteiger partial charge < -0.3 is 5.32 Å². The lowest BCUT2D eigenvalue weighted by Gasteiger charge is -2.16. The summed E-state index contributed by atoms with van der Waals surface area (Å²) in [6.45, 7) is 0. The Labute approximate surface area is 125 Å². The quantitative estimate of drug-likeness (QED) is 0.782. The third-order valence-corrected chi connectivity index (χ3v) is 5.57. The Kier molecular flexibility index (Phi) is 2.42. The van der Waals surface area contributed by atoms with Crippen LogP contribution >= 0.6 is 11.3 Å². The number of rotatable bonds is 2. The highest BCUT2D eigenvalue weighted by Gasteiger charge is 2.41. The van der Waals surface area contributed by atoms with Crippen LogP contribution in [0.2, 0.25) is 0 Å². The Balaban J connectivity index is 1.58. The molecule has 0 aromatic carbocycles. The molecule has 5 heterocycles. The van der Waals surface area contributed by atoms with E-state index in [1.165, 1.54) is 24.3 Å². The van der Waals surface area contributed by atoms with Gasteiger partial charge in [-0.15, -0.1) is 10.2 Å². The van der Waals surface area contributed by atoms with Gasteiger partial charge in [0.15, 0.2) is 5.82 Å². The van der Waals surface area contributed by atoms with Gasteiger partial charge in [-0.1, -0.05) is 11.3 Å². The predicted octanol–water partition coefficient (Wildman–Crippen LogP) is 1.86. The van der Waals surface area contributed by atoms with Crippen LogP contribution < -0.4 is 5.32 Å². The van der Waals surface area contributed by atoms with Gasteiger partial charge in [0.1, 0.15) is 5.01 Å². The van der Waals surface area contributed by atoms with Crippen molar-refractivity contribution in [1.82, 2.24) is 30.1 Å². The predicted molar refractivity (Wildman–Crippen MR) is 79.2 cm³/mol. The Morgan fingerprint density at radius 2 is 2.29 bits per heavy atom. The standard InChI is InChI=1S/C14H14N6S/c1-2-8(7-15-5-1)12-17-18-14-20(12)19-13(21-14)10-6-9-3-4-11(10)16-9/h1-2,5,7,9-11,16H,3-4,6H2. The molecule has 0 radical (unpaired) electrons. The second-order valence-electron chi connectivity index (χ2n) is 5.79. The molecule has 3 aromatic rings. The van der Waals surface area contributed by atoms with Crippen LogP contribution in [0.4, 0.5) is 0 Å². The lowest BCUT2D eigenvalue weighted by Crippen LogP contribution is -2.21. The molecule has 0 spiro atoms. The molecule has 0 saturated carbocycles. The van der Waals surface area contributed by atoms with Crippen LogP contribution in [-0.2, 0) is 0 Å². The SMILES string of the molecule is c1cncc(-c2nnc3sc(C4CC5CCC4N5)nn23)c1. The molecule has 2 aliphatic heterocycles. The highest BCUT2D eigenvalue weighted by molar-refractivity contribution is 7.16. The Morgan fingerprint density at radius 3 is 3.05 bits per heavy atom. The van der Waals surface area contributed by atoms with Crippen molar-refractivity contribution < 1.29 is 0 Å². The van der Waals surface area contributed by atoms with E-state index in [2.05, 4.69) is 20.5 Å². The molecule has 7 heteroatoms. The van der Waals surface area contributed by atoms with Crippen LogP contribution in [0.15, 0.2) is 24.5 Å². The molecular formula is C14H14N6S. The van der Waals surface area contributed by atoms with Crippen LogP contribution in [-0.4, -0.2) is 36.9 Å². The van der Waals surface area contributed by atoms with Crippen LogP contribution in [0.1, 0.15) is 30.2 Å². The number of aromatic nitrogens is 5. The fourth-order valence-corrected chi connectivity index (χ4v) is 4.57. The molecular weight excluding hydrogens is 284 g/mol. The zero-order valence-electron chi connectivity index (χ0n) is 11.3. The highest BCUT2D eigenvalue weighted by Crippen LogP contribution is 2.41. The summed E-state index contributed by atoms with van der Waals surface area (Å²) in [7, 11) is 0. The third-order valence-electron chi connectivity index (χ3n) is 4.54. The van der Waals surface area contributed by atoms with E-state index in [1.54, 1.807) is 23.7 Å². The van der Waals surface area contributed by atoms with E-state index in [-0.39, 0.29) is 0 Å². The number of hydrogen-bond donors (Lipinski definition) is 1. The van der Waals surface area contributed by atoms with Crippen molar-refractivity contribution in [2.45, 2.75) is 37.3 Å². The number of nitrogens with zero attached hydrogens (tertiary/aromatic N) is 5. The number of hydrogen-bond acceptors (Lipinski definition) is 6. The first-order valence-corrected chi connectivity index (χ1v) is 8.09. The van der Waals surface area contributed by atoms with Crippen molar-refractivity contribution >= 4 is 16.3 Å². The summed E-state index contributed by atoms with van der Waals surface area (Å²) < 4.78 is 1.86. The highest BCUT2D eigenvalue weighted by atomic mass is 32.1. The van der Waals surface area contributed by atoms with Crippen LogP contribution in [0.5, 0.6) is 0 Å². The minimum absolute atomic E-state index is 0.539. The van der Waals surface area contributed by atoms with Crippen LogP contribution in [0.25, 0.3) is 16.3 Å². The molecule has 2 saturated heterocycles. The molecule has 2 fully saturated rings. The topological polar surface area (TPSA) is 68.0 Å². The largest absolute Gasteiger partial charge is 0.311 e. The van der Waals surface area contributed by atoms with Crippen molar-refractivity contribution in [3.8, 4) is 11.4 Å². The summed E-state index contributed by atoms with van der Waals surface area (Å²) in [6.07, 6.45) is 7.35. The average molecular weight is 298 g/mol. The first-order chi connectivity index (χ1) is 10.4. The summed E-state index contributed by atoms with van der Waals surface area (Å²) in [6, 6.07) is 5.18. The molecule has 2 bridgehead atoms. The maximum absolute atomic E-state index is 4.79. The van der Waals surface area contributed by atoms with Gasteiger partial charge in [-0.05, 0) is 31.4 Å². The fourth-order valence-electron chi connectivity index (χ4n) is 3.55. The van der Waals surface area contributed by atoms with Gasteiger partial charge in [-0.25, -0.2) is 0 Å². The second kappa shape index (κ2) is 4.32. The number of pyridine rings is 1. The van der Waals surface area contributed by atoms with Crippen molar-refractivity contribution in [3.05, 3.63) is 29.5 Å². The first kappa shape index (κ1) is 11.8. The summed E-state index contributed by atoms with van der Waals surface area (Å²) >= 11 is 1.67. The molecule has 1 N–H and O–H groups in total. The van der Waals surface area contributed by atoms with E-state index < -0.39 is 0 Å². The van der Waals surface area contributed by atoms with E-state index >= 15 is 0 Å². The smallest absolute Gasteiger partial charge is 0.234 e. The van der Waals surface area contributed by atoms with E-state index in [0.717, 1.165) is 16.3 Å². The molecule has 21 heavy (non-hydrogen) atoms. The van der Waals surface area contributed by atoms with Crippen molar-refractivity contribution in [3.63, 3.8) is 0 Å². The molecule has 106 valence electrons. The zero-order chi connectivity index (χ0) is 13.8. The third kappa shape index (κ3) is 1.74. The lowest BCUT2D eigenvalue weighted by molar-refractivity contribution is 0.500. The number of fused-ring (bicyclic) bond motifs is 3. The zero-order valence-corrected chi connectivity index (χ0v) is 12.1. The van der Waals surface area contributed by atoms with Crippen LogP contribution in [0.3, 0.4) is 0 Å². The molecule has 5 rings (SSSR count). The van der Waals surface area contributed by atoms with E-state index in [0.29, 0.717) is 18.0 Å². The normalized spacial score (nSPS) is 27.7. The van der Waals surface area contributed by atoms with E-state index in [9.17, 15) is 0 Å². The molecule has 3 unspecified atom stereocenters. The summed E-state index contributed by atoms with van der Waals surface area (Å²) in [5.74, 6) is 1.31. The average Bonchev–Trinajstić information content (AvgIpc) is 3.27. The Morgan fingerprint density at radius 1 is 1.29 bits per heavy atom. The van der Waals surface area contributed by atoms with Gasteiger partial charge in [-0.3, -0.25) is 4.98 Å². The fraction of sp³-hybridized carbons (Fsp3) is 0.429. The molecule has 3 atom stereocenters. The maximum atomic E-state index is 4.79. The van der Waals surface area contributed by atoms with Gasteiger partial charge in [0.25, 0.3) is 0 Å². The molecule has 2 aliphatic rings. The maximum Gasteiger partial charge on any atom is 0.234 e. The second-order valence-corrected chi connectivity index (χ2v) is 6.78. The van der Waals surface area contributed by atoms with E-state index in [1.807, 2.05) is 16.6 Å². The van der Waals surface area contributed by atoms with Gasteiger partial charge in [0.05, 0.1) is 0 Å². The Hall–Kier alpha value is -1.86.